The highest BCUT2D eigenvalue weighted by atomic mass is 16.6. The van der Waals surface area contributed by atoms with Gasteiger partial charge in [0.15, 0.2) is 11.5 Å². The normalized spacial score (nSPS) is 23.6. The molecule has 2 aliphatic heterocycles. The Morgan fingerprint density at radius 2 is 2.05 bits per heavy atom. The van der Waals surface area contributed by atoms with Gasteiger partial charge in [0, 0.05) is 6.04 Å². The molecule has 2 heterocycles. The third kappa shape index (κ3) is 2.83. The van der Waals surface area contributed by atoms with E-state index in [9.17, 15) is 9.90 Å². The van der Waals surface area contributed by atoms with Crippen LogP contribution < -0.4 is 9.47 Å². The highest BCUT2D eigenvalue weighted by molar-refractivity contribution is 5.73. The van der Waals surface area contributed by atoms with Crippen molar-refractivity contribution in [2.45, 2.75) is 38.3 Å². The Balaban J connectivity index is 1.83. The Morgan fingerprint density at radius 3 is 2.81 bits per heavy atom. The summed E-state index contributed by atoms with van der Waals surface area (Å²) in [6, 6.07) is 5.57. The van der Waals surface area contributed by atoms with Crippen molar-refractivity contribution in [1.29, 1.82) is 0 Å². The third-order valence-corrected chi connectivity index (χ3v) is 4.38. The van der Waals surface area contributed by atoms with Crippen LogP contribution in [0.15, 0.2) is 18.2 Å². The van der Waals surface area contributed by atoms with Gasteiger partial charge in [0.1, 0.15) is 19.3 Å². The van der Waals surface area contributed by atoms with Crippen LogP contribution in [0, 0.1) is 0 Å². The standard InChI is InChI=1S/C16H21NO4/c1-11(17-7-3-2-4-13(17)16(18)19)12-5-6-14-15(10-12)21-9-8-20-14/h5-6,10-11,13H,2-4,7-9H2,1H3,(H,18,19). The van der Waals surface area contributed by atoms with Crippen molar-refractivity contribution in [3.8, 4) is 11.5 Å². The zero-order valence-corrected chi connectivity index (χ0v) is 12.2. The van der Waals surface area contributed by atoms with Gasteiger partial charge in [-0.25, -0.2) is 0 Å². The molecule has 0 aromatic heterocycles. The van der Waals surface area contributed by atoms with E-state index in [4.69, 9.17) is 9.47 Å². The lowest BCUT2D eigenvalue weighted by Crippen LogP contribution is -2.45. The molecular formula is C16H21NO4. The highest BCUT2D eigenvalue weighted by Crippen LogP contribution is 2.35. The zero-order chi connectivity index (χ0) is 14.8. The first-order chi connectivity index (χ1) is 10.2. The lowest BCUT2D eigenvalue weighted by atomic mass is 9.97. The molecule has 3 rings (SSSR count). The van der Waals surface area contributed by atoms with E-state index in [1.54, 1.807) is 0 Å². The summed E-state index contributed by atoms with van der Waals surface area (Å²) in [4.78, 5) is 13.5. The molecule has 0 amide bonds. The summed E-state index contributed by atoms with van der Waals surface area (Å²) in [6.45, 7) is 4.03. The SMILES string of the molecule is CC(c1ccc2c(c1)OCCO2)N1CCCCC1C(=O)O. The predicted octanol–water partition coefficient (Wildman–Crippen LogP) is 2.46. The van der Waals surface area contributed by atoms with Gasteiger partial charge in [-0.05, 0) is 44.0 Å². The van der Waals surface area contributed by atoms with Gasteiger partial charge in [-0.1, -0.05) is 12.5 Å². The Labute approximate surface area is 124 Å². The molecule has 1 saturated heterocycles. The van der Waals surface area contributed by atoms with Crippen LogP contribution in [0.2, 0.25) is 0 Å². The molecule has 5 nitrogen and oxygen atoms in total. The van der Waals surface area contributed by atoms with E-state index in [0.29, 0.717) is 13.2 Å². The van der Waals surface area contributed by atoms with E-state index < -0.39 is 5.97 Å². The fourth-order valence-corrected chi connectivity index (χ4v) is 3.19. The average Bonchev–Trinajstić information content (AvgIpc) is 2.53. The predicted molar refractivity (Wildman–Crippen MR) is 77.8 cm³/mol. The first-order valence-electron chi connectivity index (χ1n) is 7.55. The Morgan fingerprint density at radius 1 is 1.29 bits per heavy atom. The molecule has 0 saturated carbocycles. The van der Waals surface area contributed by atoms with Crippen LogP contribution in [0.25, 0.3) is 0 Å². The lowest BCUT2D eigenvalue weighted by Gasteiger charge is -2.38. The molecule has 2 unspecified atom stereocenters. The molecule has 1 fully saturated rings. The van der Waals surface area contributed by atoms with Gasteiger partial charge in [-0.15, -0.1) is 0 Å². The van der Waals surface area contributed by atoms with Gasteiger partial charge in [0.05, 0.1) is 0 Å². The Kier molecular flexibility index (Phi) is 4.01. The summed E-state index contributed by atoms with van der Waals surface area (Å²) in [7, 11) is 0. The maximum absolute atomic E-state index is 11.4. The van der Waals surface area contributed by atoms with E-state index >= 15 is 0 Å². The van der Waals surface area contributed by atoms with E-state index in [1.807, 2.05) is 18.2 Å². The minimum absolute atomic E-state index is 0.0576. The number of fused-ring (bicyclic) bond motifs is 1. The van der Waals surface area contributed by atoms with Crippen LogP contribution in [-0.4, -0.2) is 41.8 Å². The summed E-state index contributed by atoms with van der Waals surface area (Å²) >= 11 is 0. The minimum Gasteiger partial charge on any atom is -0.486 e. The summed E-state index contributed by atoms with van der Waals surface area (Å²) in [5.74, 6) is 0.805. The first-order valence-corrected chi connectivity index (χ1v) is 7.55. The van der Waals surface area contributed by atoms with Gasteiger partial charge in [-0.2, -0.15) is 0 Å². The number of carboxylic acid groups (broad SMARTS) is 1. The molecule has 114 valence electrons. The molecule has 0 aliphatic carbocycles. The molecule has 1 aromatic carbocycles. The van der Waals surface area contributed by atoms with Crippen LogP contribution in [0.3, 0.4) is 0 Å². The Hall–Kier alpha value is -1.75. The summed E-state index contributed by atoms with van der Waals surface area (Å²) in [6.07, 6.45) is 2.77. The number of benzene rings is 1. The average molecular weight is 291 g/mol. The number of ether oxygens (including phenoxy) is 2. The van der Waals surface area contributed by atoms with Gasteiger partial charge < -0.3 is 14.6 Å². The molecule has 0 bridgehead atoms. The fourth-order valence-electron chi connectivity index (χ4n) is 3.19. The van der Waals surface area contributed by atoms with Crippen LogP contribution in [0.1, 0.15) is 37.8 Å². The molecule has 0 spiro atoms. The minimum atomic E-state index is -0.723. The number of rotatable bonds is 3. The number of likely N-dealkylation sites (tertiary alicyclic amines) is 1. The van der Waals surface area contributed by atoms with Crippen molar-refractivity contribution >= 4 is 5.97 Å². The van der Waals surface area contributed by atoms with Crippen molar-refractivity contribution in [2.24, 2.45) is 0 Å². The second-order valence-corrected chi connectivity index (χ2v) is 5.67. The molecule has 0 radical (unpaired) electrons. The monoisotopic (exact) mass is 291 g/mol. The molecular weight excluding hydrogens is 270 g/mol. The smallest absolute Gasteiger partial charge is 0.320 e. The maximum atomic E-state index is 11.4. The highest BCUT2D eigenvalue weighted by Gasteiger charge is 2.32. The summed E-state index contributed by atoms with van der Waals surface area (Å²) in [5, 5.41) is 9.41. The quantitative estimate of drug-likeness (QED) is 0.927. The van der Waals surface area contributed by atoms with Gasteiger partial charge in [-0.3, -0.25) is 9.69 Å². The Bertz CT molecular complexity index is 531. The summed E-state index contributed by atoms with van der Waals surface area (Å²) in [5.41, 5.74) is 1.08. The van der Waals surface area contributed by atoms with Crippen LogP contribution in [0.5, 0.6) is 11.5 Å². The summed E-state index contributed by atoms with van der Waals surface area (Å²) < 4.78 is 11.1. The molecule has 2 atom stereocenters. The van der Waals surface area contributed by atoms with Crippen molar-refractivity contribution in [2.75, 3.05) is 19.8 Å². The molecule has 1 N–H and O–H groups in total. The van der Waals surface area contributed by atoms with Crippen molar-refractivity contribution in [3.05, 3.63) is 23.8 Å². The lowest BCUT2D eigenvalue weighted by molar-refractivity contribution is -0.145. The van der Waals surface area contributed by atoms with Crippen LogP contribution >= 0.6 is 0 Å². The number of carboxylic acids is 1. The van der Waals surface area contributed by atoms with Crippen LogP contribution in [0.4, 0.5) is 0 Å². The second kappa shape index (κ2) is 5.93. The number of hydrogen-bond acceptors (Lipinski definition) is 4. The van der Waals surface area contributed by atoms with E-state index in [0.717, 1.165) is 42.9 Å². The molecule has 21 heavy (non-hydrogen) atoms. The largest absolute Gasteiger partial charge is 0.486 e. The molecule has 1 aromatic rings. The van der Waals surface area contributed by atoms with Crippen molar-refractivity contribution < 1.29 is 19.4 Å². The maximum Gasteiger partial charge on any atom is 0.320 e. The van der Waals surface area contributed by atoms with E-state index in [2.05, 4.69) is 11.8 Å². The van der Waals surface area contributed by atoms with Gasteiger partial charge >= 0.3 is 5.97 Å². The number of carbonyl (C=O) groups is 1. The number of aliphatic carboxylic acids is 1. The number of piperidine rings is 1. The topological polar surface area (TPSA) is 59.0 Å². The second-order valence-electron chi connectivity index (χ2n) is 5.67. The molecule has 2 aliphatic rings. The molecule has 5 heteroatoms. The van der Waals surface area contributed by atoms with E-state index in [1.165, 1.54) is 0 Å². The van der Waals surface area contributed by atoms with Crippen molar-refractivity contribution in [3.63, 3.8) is 0 Å². The van der Waals surface area contributed by atoms with Crippen LogP contribution in [-0.2, 0) is 4.79 Å². The van der Waals surface area contributed by atoms with Crippen molar-refractivity contribution in [1.82, 2.24) is 4.90 Å². The van der Waals surface area contributed by atoms with Gasteiger partial charge in [0.25, 0.3) is 0 Å². The fraction of sp³-hybridized carbons (Fsp3) is 0.562. The zero-order valence-electron chi connectivity index (χ0n) is 12.2. The van der Waals surface area contributed by atoms with Gasteiger partial charge in [0.2, 0.25) is 0 Å². The van der Waals surface area contributed by atoms with E-state index in [-0.39, 0.29) is 12.1 Å². The number of hydrogen-bond donors (Lipinski definition) is 1. The third-order valence-electron chi connectivity index (χ3n) is 4.38. The number of nitrogens with zero attached hydrogens (tertiary/aromatic N) is 1. The first kappa shape index (κ1) is 14.2.